The van der Waals surface area contributed by atoms with Gasteiger partial charge in [-0.3, -0.25) is 4.79 Å². The van der Waals surface area contributed by atoms with Crippen LogP contribution in [0.2, 0.25) is 5.02 Å². The summed E-state index contributed by atoms with van der Waals surface area (Å²) < 4.78 is 32.7. The van der Waals surface area contributed by atoms with Crippen LogP contribution in [0.25, 0.3) is 0 Å². The second-order valence-electron chi connectivity index (χ2n) is 3.88. The average molecular weight is 361 g/mol. The van der Waals surface area contributed by atoms with Gasteiger partial charge >= 0.3 is 5.97 Å². The number of sulfonamides is 1. The van der Waals surface area contributed by atoms with Gasteiger partial charge in [-0.1, -0.05) is 11.6 Å². The van der Waals surface area contributed by atoms with Gasteiger partial charge in [0.1, 0.15) is 5.04 Å². The number of carbonyl (C=O) groups is 1. The van der Waals surface area contributed by atoms with E-state index >= 15 is 0 Å². The third kappa shape index (κ3) is 4.73. The van der Waals surface area contributed by atoms with Gasteiger partial charge in [-0.05, 0) is 37.4 Å². The molecule has 0 spiro atoms. The van der Waals surface area contributed by atoms with E-state index in [0.29, 0.717) is 5.02 Å². The van der Waals surface area contributed by atoms with Gasteiger partial charge < -0.3 is 4.74 Å². The Morgan fingerprint density at radius 1 is 1.45 bits per heavy atom. The van der Waals surface area contributed by atoms with Crippen molar-refractivity contribution in [1.82, 2.24) is 0 Å². The minimum absolute atomic E-state index is 0.0796. The first-order valence-electron chi connectivity index (χ1n) is 6.06. The van der Waals surface area contributed by atoms with Gasteiger partial charge in [-0.25, -0.2) is 0 Å². The van der Waals surface area contributed by atoms with Gasteiger partial charge in [0, 0.05) is 5.02 Å². The van der Waals surface area contributed by atoms with Gasteiger partial charge in [-0.15, -0.1) is 11.8 Å². The van der Waals surface area contributed by atoms with Crippen molar-refractivity contribution in [3.05, 3.63) is 29.3 Å². The Balaban J connectivity index is 3.22. The number of esters is 1. The monoisotopic (exact) mass is 360 g/mol. The van der Waals surface area contributed by atoms with Gasteiger partial charge in [0.05, 0.1) is 17.6 Å². The van der Waals surface area contributed by atoms with Gasteiger partial charge in [0.2, 0.25) is 0 Å². The van der Waals surface area contributed by atoms with E-state index < -0.39 is 21.9 Å². The standard InChI is InChI=1S/C13H13ClN2O4S2/c1-3-20-13(17)11(8-15)12(21-2)16-22(18,19)10-6-4-9(14)5-7-10/h4-7,11H,3H2,1-2H3. The molecule has 0 aliphatic carbocycles. The van der Waals surface area contributed by atoms with E-state index in [1.165, 1.54) is 30.5 Å². The summed E-state index contributed by atoms with van der Waals surface area (Å²) in [5, 5.41) is 9.31. The Kier molecular flexibility index (Phi) is 6.87. The fraction of sp³-hybridized carbons (Fsp3) is 0.308. The van der Waals surface area contributed by atoms with Crippen molar-refractivity contribution in [2.45, 2.75) is 11.8 Å². The predicted octanol–water partition coefficient (Wildman–Crippen LogP) is 2.49. The first-order valence-corrected chi connectivity index (χ1v) is 9.10. The molecule has 0 fully saturated rings. The number of hydrogen-bond donors (Lipinski definition) is 0. The highest BCUT2D eigenvalue weighted by Crippen LogP contribution is 2.20. The number of nitrogens with zero attached hydrogens (tertiary/aromatic N) is 2. The lowest BCUT2D eigenvalue weighted by atomic mass is 10.2. The van der Waals surface area contributed by atoms with Crippen molar-refractivity contribution in [2.24, 2.45) is 10.3 Å². The van der Waals surface area contributed by atoms with Crippen LogP contribution in [-0.4, -0.2) is 32.3 Å². The van der Waals surface area contributed by atoms with Crippen LogP contribution in [0.4, 0.5) is 0 Å². The zero-order valence-corrected chi connectivity index (χ0v) is 14.2. The molecule has 0 N–H and O–H groups in total. The van der Waals surface area contributed by atoms with Crippen molar-refractivity contribution in [3.8, 4) is 6.07 Å². The maximum absolute atomic E-state index is 12.2. The summed E-state index contributed by atoms with van der Waals surface area (Å²) in [4.78, 5) is 11.6. The number of thioether (sulfide) groups is 1. The third-order valence-corrected chi connectivity index (χ3v) is 4.85. The minimum Gasteiger partial charge on any atom is -0.465 e. The van der Waals surface area contributed by atoms with Crippen molar-refractivity contribution >= 4 is 44.4 Å². The summed E-state index contributed by atoms with van der Waals surface area (Å²) in [6.07, 6.45) is 1.53. The molecule has 9 heteroatoms. The average Bonchev–Trinajstić information content (AvgIpc) is 2.47. The SMILES string of the molecule is CCOC(=O)C(C#N)C(=NS(=O)(=O)c1ccc(Cl)cc1)SC. The molecule has 22 heavy (non-hydrogen) atoms. The van der Waals surface area contributed by atoms with E-state index in [-0.39, 0.29) is 16.5 Å². The Morgan fingerprint density at radius 2 is 2.05 bits per heavy atom. The smallest absolute Gasteiger partial charge is 0.330 e. The molecular weight excluding hydrogens is 348 g/mol. The van der Waals surface area contributed by atoms with Crippen molar-refractivity contribution in [1.29, 1.82) is 5.26 Å². The first kappa shape index (κ1) is 18.5. The number of hydrogen-bond acceptors (Lipinski definition) is 6. The van der Waals surface area contributed by atoms with Gasteiger partial charge in [0.15, 0.2) is 5.92 Å². The van der Waals surface area contributed by atoms with Gasteiger partial charge in [0.25, 0.3) is 10.0 Å². The van der Waals surface area contributed by atoms with E-state index in [0.717, 1.165) is 11.8 Å². The molecule has 6 nitrogen and oxygen atoms in total. The predicted molar refractivity (Wildman–Crippen MR) is 85.3 cm³/mol. The summed E-state index contributed by atoms with van der Waals surface area (Å²) >= 11 is 6.61. The molecule has 118 valence electrons. The second kappa shape index (κ2) is 8.17. The van der Waals surface area contributed by atoms with Crippen LogP contribution in [-0.2, 0) is 19.6 Å². The molecule has 0 radical (unpaired) electrons. The minimum atomic E-state index is -4.04. The molecule has 0 aromatic heterocycles. The van der Waals surface area contributed by atoms with Crippen LogP contribution < -0.4 is 0 Å². The summed E-state index contributed by atoms with van der Waals surface area (Å²) in [5.41, 5.74) is 0. The number of rotatable bonds is 5. The fourth-order valence-corrected chi connectivity index (χ4v) is 3.45. The largest absolute Gasteiger partial charge is 0.465 e. The van der Waals surface area contributed by atoms with Crippen LogP contribution in [0.1, 0.15) is 6.92 Å². The molecule has 0 saturated carbocycles. The molecule has 1 aromatic rings. The fourth-order valence-electron chi connectivity index (χ4n) is 1.42. The Hall–Kier alpha value is -1.56. The molecule has 0 aliphatic rings. The van der Waals surface area contributed by atoms with Gasteiger partial charge in [-0.2, -0.15) is 18.1 Å². The molecule has 1 unspecified atom stereocenters. The lowest BCUT2D eigenvalue weighted by Gasteiger charge is -2.09. The van der Waals surface area contributed by atoms with Crippen molar-refractivity contribution in [2.75, 3.05) is 12.9 Å². The molecule has 1 atom stereocenters. The third-order valence-electron chi connectivity index (χ3n) is 2.43. The Morgan fingerprint density at radius 3 is 2.50 bits per heavy atom. The summed E-state index contributed by atoms with van der Waals surface area (Å²) in [6.45, 7) is 1.68. The van der Waals surface area contributed by atoms with Crippen LogP contribution >= 0.6 is 23.4 Å². The lowest BCUT2D eigenvalue weighted by Crippen LogP contribution is -2.23. The normalized spacial score (nSPS) is 13.3. The molecule has 1 rings (SSSR count). The van der Waals surface area contributed by atoms with E-state index in [1.807, 2.05) is 0 Å². The molecule has 0 amide bonds. The van der Waals surface area contributed by atoms with E-state index in [1.54, 1.807) is 13.0 Å². The molecular formula is C13H13ClN2O4S2. The summed E-state index contributed by atoms with van der Waals surface area (Å²) in [5.74, 6) is -2.21. The van der Waals surface area contributed by atoms with Crippen LogP contribution in [0.5, 0.6) is 0 Å². The van der Waals surface area contributed by atoms with E-state index in [9.17, 15) is 13.2 Å². The molecule has 0 aliphatic heterocycles. The number of nitriles is 1. The van der Waals surface area contributed by atoms with E-state index in [4.69, 9.17) is 21.6 Å². The molecule has 0 saturated heterocycles. The topological polar surface area (TPSA) is 96.6 Å². The van der Waals surface area contributed by atoms with Crippen LogP contribution in [0, 0.1) is 17.2 Å². The van der Waals surface area contributed by atoms with Crippen LogP contribution in [0.15, 0.2) is 33.6 Å². The highest BCUT2D eigenvalue weighted by Gasteiger charge is 2.28. The highest BCUT2D eigenvalue weighted by molar-refractivity contribution is 8.14. The van der Waals surface area contributed by atoms with Crippen molar-refractivity contribution < 1.29 is 17.9 Å². The number of benzene rings is 1. The first-order chi connectivity index (χ1) is 10.4. The van der Waals surface area contributed by atoms with Crippen molar-refractivity contribution in [3.63, 3.8) is 0 Å². The second-order valence-corrected chi connectivity index (χ2v) is 6.74. The Labute approximate surface area is 138 Å². The summed E-state index contributed by atoms with van der Waals surface area (Å²) in [7, 11) is -4.04. The number of halogens is 1. The lowest BCUT2D eigenvalue weighted by molar-refractivity contribution is -0.143. The van der Waals surface area contributed by atoms with Crippen LogP contribution in [0.3, 0.4) is 0 Å². The zero-order chi connectivity index (χ0) is 16.8. The zero-order valence-electron chi connectivity index (χ0n) is 11.8. The molecule has 0 heterocycles. The number of ether oxygens (including phenoxy) is 1. The Bertz CT molecular complexity index is 709. The number of carbonyl (C=O) groups excluding carboxylic acids is 1. The maximum Gasteiger partial charge on any atom is 0.330 e. The molecule has 1 aromatic carbocycles. The maximum atomic E-state index is 12.2. The summed E-state index contributed by atoms with van der Waals surface area (Å²) in [6, 6.07) is 7.13. The molecule has 0 bridgehead atoms. The highest BCUT2D eigenvalue weighted by atomic mass is 35.5. The van der Waals surface area contributed by atoms with E-state index in [2.05, 4.69) is 4.40 Å². The quantitative estimate of drug-likeness (QED) is 0.454.